The minimum atomic E-state index is 0. The fourth-order valence-electron chi connectivity index (χ4n) is 4.02. The van der Waals surface area contributed by atoms with Crippen molar-refractivity contribution in [3.63, 3.8) is 0 Å². The van der Waals surface area contributed by atoms with Crippen molar-refractivity contribution >= 4 is 40.5 Å². The summed E-state index contributed by atoms with van der Waals surface area (Å²) >= 11 is 12.5. The van der Waals surface area contributed by atoms with Crippen LogP contribution in [0.1, 0.15) is 24.8 Å². The van der Waals surface area contributed by atoms with Gasteiger partial charge < -0.3 is 25.9 Å². The van der Waals surface area contributed by atoms with Crippen molar-refractivity contribution in [2.24, 2.45) is 0 Å². The second-order valence-corrected chi connectivity index (χ2v) is 8.61. The molecule has 0 aliphatic carbocycles. The van der Waals surface area contributed by atoms with Crippen LogP contribution >= 0.6 is 23.2 Å². The first-order valence-corrected chi connectivity index (χ1v) is 11.3. The van der Waals surface area contributed by atoms with E-state index in [1.807, 2.05) is 30.3 Å². The number of hydrogen-bond acceptors (Lipinski definition) is 4. The Morgan fingerprint density at radius 1 is 0.969 bits per heavy atom. The summed E-state index contributed by atoms with van der Waals surface area (Å²) in [6.07, 6.45) is 3.47. The molecule has 0 radical (unpaired) electrons. The number of nitrogens with zero attached hydrogens (tertiary/aromatic N) is 2. The van der Waals surface area contributed by atoms with Gasteiger partial charge in [-0.3, -0.25) is 9.69 Å². The van der Waals surface area contributed by atoms with Gasteiger partial charge in [-0.15, -0.1) is 0 Å². The first kappa shape index (κ1) is 26.2. The van der Waals surface area contributed by atoms with E-state index in [-0.39, 0.29) is 16.9 Å². The molecule has 0 atom stereocenters. The number of unbranched alkanes of at least 4 members (excludes halogenated alkanes) is 1. The van der Waals surface area contributed by atoms with Gasteiger partial charge >= 0.3 is 0 Å². The Morgan fingerprint density at radius 3 is 2.53 bits per heavy atom. The molecule has 9 heteroatoms. The predicted octanol–water partition coefficient (Wildman–Crippen LogP) is 3.21. The molecule has 2 aliphatic heterocycles. The molecule has 4 rings (SSSR count). The number of hydrogen-bond donors (Lipinski definition) is 1. The van der Waals surface area contributed by atoms with E-state index in [1.54, 1.807) is 0 Å². The summed E-state index contributed by atoms with van der Waals surface area (Å²) in [6, 6.07) is 11.8. The van der Waals surface area contributed by atoms with Crippen molar-refractivity contribution in [1.82, 2.24) is 4.90 Å². The second-order valence-electron chi connectivity index (χ2n) is 7.82. The molecule has 1 saturated heterocycles. The number of carbonyl (C=O) groups is 1. The number of nitrogens with one attached hydrogen (secondary N) is 1. The van der Waals surface area contributed by atoms with Crippen LogP contribution in [0.4, 0.5) is 11.4 Å². The first-order chi connectivity index (χ1) is 14.6. The number of carbonyl (C=O) groups excluding carboxylic acids is 1. The first-order valence-electron chi connectivity index (χ1n) is 10.6. The lowest BCUT2D eigenvalue weighted by Gasteiger charge is -2.36. The summed E-state index contributed by atoms with van der Waals surface area (Å²) in [5, 5.41) is 4.18. The quantitative estimate of drug-likeness (QED) is 0.609. The van der Waals surface area contributed by atoms with E-state index in [4.69, 9.17) is 27.9 Å². The van der Waals surface area contributed by atoms with Crippen molar-refractivity contribution < 1.29 is 20.5 Å². The largest absolute Gasteiger partial charge is 0.494 e. The van der Waals surface area contributed by atoms with Gasteiger partial charge in [0.25, 0.3) is 0 Å². The van der Waals surface area contributed by atoms with E-state index in [0.717, 1.165) is 69.1 Å². The molecule has 0 aromatic heterocycles. The second kappa shape index (κ2) is 12.3. The van der Waals surface area contributed by atoms with E-state index >= 15 is 0 Å². The summed E-state index contributed by atoms with van der Waals surface area (Å²) in [6.45, 7) is 5.71. The molecule has 0 spiro atoms. The van der Waals surface area contributed by atoms with Crippen LogP contribution in [0, 0.1) is 0 Å². The van der Waals surface area contributed by atoms with Crippen molar-refractivity contribution in [1.29, 1.82) is 0 Å². The molecule has 0 saturated carbocycles. The van der Waals surface area contributed by atoms with Crippen molar-refractivity contribution in [2.45, 2.75) is 25.7 Å². The number of rotatable bonds is 7. The average Bonchev–Trinajstić information content (AvgIpc) is 2.76. The van der Waals surface area contributed by atoms with Gasteiger partial charge in [0.2, 0.25) is 5.91 Å². The third-order valence-electron chi connectivity index (χ3n) is 5.76. The number of ether oxygens (including phenoxy) is 1. The van der Waals surface area contributed by atoms with Gasteiger partial charge in [0, 0.05) is 44.4 Å². The van der Waals surface area contributed by atoms with E-state index < -0.39 is 0 Å². The Balaban J connectivity index is 0.00000181. The van der Waals surface area contributed by atoms with Crippen LogP contribution in [-0.4, -0.2) is 61.1 Å². The summed E-state index contributed by atoms with van der Waals surface area (Å²) in [4.78, 5) is 16.3. The lowest BCUT2D eigenvalue weighted by atomic mass is 10.0. The van der Waals surface area contributed by atoms with Crippen LogP contribution in [-0.2, 0) is 11.2 Å². The molecule has 5 N–H and O–H groups in total. The zero-order chi connectivity index (χ0) is 20.9. The lowest BCUT2D eigenvalue weighted by Crippen LogP contribution is -2.46. The van der Waals surface area contributed by atoms with Crippen LogP contribution in [0.25, 0.3) is 0 Å². The molecule has 2 aromatic carbocycles. The minimum Gasteiger partial charge on any atom is -0.494 e. The third kappa shape index (κ3) is 6.49. The van der Waals surface area contributed by atoms with E-state index in [0.29, 0.717) is 23.1 Å². The molecule has 32 heavy (non-hydrogen) atoms. The minimum absolute atomic E-state index is 0. The van der Waals surface area contributed by atoms with Gasteiger partial charge in [0.1, 0.15) is 5.75 Å². The molecule has 0 bridgehead atoms. The Labute approximate surface area is 198 Å². The van der Waals surface area contributed by atoms with Crippen LogP contribution < -0.4 is 15.0 Å². The third-order valence-corrected chi connectivity index (χ3v) is 6.57. The molecule has 1 amide bonds. The molecule has 7 nitrogen and oxygen atoms in total. The van der Waals surface area contributed by atoms with Crippen molar-refractivity contribution in [2.75, 3.05) is 49.5 Å². The monoisotopic (exact) mass is 483 g/mol. The average molecular weight is 484 g/mol. The zero-order valence-electron chi connectivity index (χ0n) is 18.0. The smallest absolute Gasteiger partial charge is 0.224 e. The van der Waals surface area contributed by atoms with Crippen molar-refractivity contribution in [3.8, 4) is 5.75 Å². The number of fused-ring (bicyclic) bond motifs is 1. The van der Waals surface area contributed by atoms with Gasteiger partial charge in [-0.1, -0.05) is 35.3 Å². The van der Waals surface area contributed by atoms with Crippen LogP contribution in [0.5, 0.6) is 5.75 Å². The molecule has 176 valence electrons. The lowest BCUT2D eigenvalue weighted by molar-refractivity contribution is -0.116. The highest BCUT2D eigenvalue weighted by Crippen LogP contribution is 2.33. The number of amides is 1. The zero-order valence-corrected chi connectivity index (χ0v) is 19.5. The standard InChI is InChI=1S/C23H27Cl2N3O2.2H2O/c24-19-4-3-5-21(23(19)25)28-13-11-27(12-14-28)10-1-2-15-30-18-8-6-17-7-9-22(29)26-20(17)16-18;;/h3-6,8,16H,1-2,7,9-15H2,(H,26,29);2*1H2. The Morgan fingerprint density at radius 2 is 1.75 bits per heavy atom. The topological polar surface area (TPSA) is 108 Å². The van der Waals surface area contributed by atoms with E-state index in [2.05, 4.69) is 21.2 Å². The van der Waals surface area contributed by atoms with Crippen LogP contribution in [0.3, 0.4) is 0 Å². The van der Waals surface area contributed by atoms with Gasteiger partial charge in [0.15, 0.2) is 0 Å². The van der Waals surface area contributed by atoms with Gasteiger partial charge in [-0.2, -0.15) is 0 Å². The number of anilines is 2. The van der Waals surface area contributed by atoms with E-state index in [9.17, 15) is 4.79 Å². The maximum Gasteiger partial charge on any atom is 0.224 e. The highest BCUT2D eigenvalue weighted by atomic mass is 35.5. The molecule has 2 aromatic rings. The number of benzene rings is 2. The van der Waals surface area contributed by atoms with Gasteiger partial charge in [-0.05, 0) is 49.6 Å². The van der Waals surface area contributed by atoms with Gasteiger partial charge in [0.05, 0.1) is 22.3 Å². The number of aryl methyl sites for hydroxylation is 1. The van der Waals surface area contributed by atoms with Crippen molar-refractivity contribution in [3.05, 3.63) is 52.0 Å². The molecule has 2 heterocycles. The Kier molecular flexibility index (Phi) is 10.1. The number of piperazine rings is 1. The predicted molar refractivity (Wildman–Crippen MR) is 130 cm³/mol. The fourth-order valence-corrected chi connectivity index (χ4v) is 4.43. The SMILES string of the molecule is O.O.O=C1CCc2ccc(OCCCCN3CCN(c4cccc(Cl)c4Cl)CC3)cc2N1. The van der Waals surface area contributed by atoms with E-state index in [1.165, 1.54) is 5.56 Å². The molecular formula is C23H31Cl2N3O4. The highest BCUT2D eigenvalue weighted by molar-refractivity contribution is 6.43. The molecule has 2 aliphatic rings. The summed E-state index contributed by atoms with van der Waals surface area (Å²) in [5.41, 5.74) is 3.10. The molecule has 0 unspecified atom stereocenters. The normalized spacial score (nSPS) is 15.8. The Bertz CT molecular complexity index is 905. The van der Waals surface area contributed by atoms with Gasteiger partial charge in [-0.25, -0.2) is 0 Å². The maximum atomic E-state index is 11.5. The summed E-state index contributed by atoms with van der Waals surface area (Å²) in [7, 11) is 0. The van der Waals surface area contributed by atoms with Crippen LogP contribution in [0.2, 0.25) is 10.0 Å². The Hall–Kier alpha value is -2.03. The fraction of sp³-hybridized carbons (Fsp3) is 0.435. The summed E-state index contributed by atoms with van der Waals surface area (Å²) in [5.74, 6) is 0.903. The molecular weight excluding hydrogens is 453 g/mol. The maximum absolute atomic E-state index is 11.5. The highest BCUT2D eigenvalue weighted by Gasteiger charge is 2.19. The molecule has 1 fully saturated rings. The summed E-state index contributed by atoms with van der Waals surface area (Å²) < 4.78 is 5.89. The number of halogens is 2. The van der Waals surface area contributed by atoms with Crippen LogP contribution in [0.15, 0.2) is 36.4 Å².